The molecule has 22 heteroatoms. The lowest BCUT2D eigenvalue weighted by Gasteiger charge is -2.41. The summed E-state index contributed by atoms with van der Waals surface area (Å²) in [5.74, 6) is -7.19. The van der Waals surface area contributed by atoms with E-state index in [2.05, 4.69) is 0 Å². The second kappa shape index (κ2) is 15.1. The quantitative estimate of drug-likeness (QED) is 0.0930. The Morgan fingerprint density at radius 1 is 0.674 bits per heavy atom. The minimum atomic E-state index is -2.08. The first-order chi connectivity index (χ1) is 19.5. The predicted molar refractivity (Wildman–Crippen MR) is 152 cm³/mol. The van der Waals surface area contributed by atoms with Gasteiger partial charge < -0.3 is 37.9 Å². The average molecular weight is 798 g/mol. The summed E-state index contributed by atoms with van der Waals surface area (Å²) in [6.45, 7) is 0.150. The van der Waals surface area contributed by atoms with Crippen molar-refractivity contribution in [2.75, 3.05) is 19.8 Å². The fraction of sp³-hybridized carbons (Fsp3) is 0.667. The SMILES string of the molecule is CC1(C)OC(=O)C([C@@H]2C=C[C@@H](OC(=O)OCC(Cl)(Cl)Cl)[C@H](OC(=O)OCC(Cl)(Cl)Cl)[C@H]2OC(=O)OCC(Cl)(Cl)Cl)C(=O)O1. The smallest absolute Gasteiger partial charge is 0.430 e. The summed E-state index contributed by atoms with van der Waals surface area (Å²) in [7, 11) is 0. The molecule has 0 radical (unpaired) electrons. The van der Waals surface area contributed by atoms with Crippen LogP contribution in [0.4, 0.5) is 14.4 Å². The highest BCUT2D eigenvalue weighted by atomic mass is 35.6. The van der Waals surface area contributed by atoms with E-state index < -0.39 is 97.5 Å². The molecule has 1 heterocycles. The fourth-order valence-corrected chi connectivity index (χ4v) is 3.94. The van der Waals surface area contributed by atoms with Gasteiger partial charge in [-0.25, -0.2) is 14.4 Å². The van der Waals surface area contributed by atoms with Crippen molar-refractivity contribution in [1.82, 2.24) is 0 Å². The van der Waals surface area contributed by atoms with Crippen molar-refractivity contribution in [2.45, 2.75) is 49.3 Å². The van der Waals surface area contributed by atoms with E-state index >= 15 is 0 Å². The van der Waals surface area contributed by atoms with Gasteiger partial charge in [0.15, 0.2) is 24.2 Å². The molecule has 0 aromatic heterocycles. The number of rotatable bonds is 7. The summed E-state index contributed by atoms with van der Waals surface area (Å²) in [6, 6.07) is 0. The van der Waals surface area contributed by atoms with Crippen LogP contribution in [0.25, 0.3) is 0 Å². The first-order valence-electron chi connectivity index (χ1n) is 11.3. The van der Waals surface area contributed by atoms with E-state index in [4.69, 9.17) is 142 Å². The summed E-state index contributed by atoms with van der Waals surface area (Å²) in [4.78, 5) is 63.3. The van der Waals surface area contributed by atoms with E-state index in [0.29, 0.717) is 0 Å². The van der Waals surface area contributed by atoms with E-state index in [1.807, 2.05) is 0 Å². The van der Waals surface area contributed by atoms with Gasteiger partial charge in [-0.05, 0) is 6.08 Å². The van der Waals surface area contributed by atoms with Crippen LogP contribution >= 0.6 is 104 Å². The molecule has 0 spiro atoms. The Morgan fingerprint density at radius 2 is 1.05 bits per heavy atom. The molecular weight excluding hydrogens is 779 g/mol. The lowest BCUT2D eigenvalue weighted by atomic mass is 9.79. The number of cyclic esters (lactones) is 2. The summed E-state index contributed by atoms with van der Waals surface area (Å²) in [5.41, 5.74) is 0. The number of halogens is 9. The number of esters is 2. The van der Waals surface area contributed by atoms with Crippen LogP contribution in [0.2, 0.25) is 0 Å². The Labute approximate surface area is 288 Å². The minimum absolute atomic E-state index is 0.773. The van der Waals surface area contributed by atoms with Gasteiger partial charge in [-0.2, -0.15) is 0 Å². The van der Waals surface area contributed by atoms with Crippen molar-refractivity contribution in [3.63, 3.8) is 0 Å². The van der Waals surface area contributed by atoms with Gasteiger partial charge in [0.2, 0.25) is 11.4 Å². The van der Waals surface area contributed by atoms with Gasteiger partial charge in [-0.1, -0.05) is 110 Å². The number of carbonyl (C=O) groups is 5. The largest absolute Gasteiger partial charge is 0.509 e. The second-order valence-corrected chi connectivity index (χ2v) is 16.4. The maximum absolute atomic E-state index is 12.9. The zero-order valence-corrected chi connectivity index (χ0v) is 28.2. The molecular formula is C21H19Cl9O13. The number of carbonyl (C=O) groups excluding carboxylic acids is 5. The fourth-order valence-electron chi connectivity index (χ4n) is 3.45. The van der Waals surface area contributed by atoms with E-state index in [9.17, 15) is 24.0 Å². The Bertz CT molecular complexity index is 1080. The number of alkyl halides is 9. The third-order valence-electron chi connectivity index (χ3n) is 4.89. The maximum Gasteiger partial charge on any atom is 0.509 e. The van der Waals surface area contributed by atoms with E-state index in [-0.39, 0.29) is 0 Å². The van der Waals surface area contributed by atoms with Crippen molar-refractivity contribution in [3.05, 3.63) is 12.2 Å². The normalized spacial score (nSPS) is 24.3. The lowest BCUT2D eigenvalue weighted by Crippen LogP contribution is -2.57. The maximum atomic E-state index is 12.9. The van der Waals surface area contributed by atoms with Crippen LogP contribution in [0.15, 0.2) is 12.2 Å². The van der Waals surface area contributed by atoms with Crippen molar-refractivity contribution in [2.24, 2.45) is 11.8 Å². The van der Waals surface area contributed by atoms with Crippen LogP contribution in [0, 0.1) is 11.8 Å². The predicted octanol–water partition coefficient (Wildman–Crippen LogP) is 6.30. The number of hydrogen-bond donors (Lipinski definition) is 0. The van der Waals surface area contributed by atoms with Gasteiger partial charge in [-0.3, -0.25) is 9.59 Å². The van der Waals surface area contributed by atoms with Crippen LogP contribution in [0.5, 0.6) is 0 Å². The highest BCUT2D eigenvalue weighted by Crippen LogP contribution is 2.38. The first-order valence-corrected chi connectivity index (χ1v) is 14.7. The highest BCUT2D eigenvalue weighted by molar-refractivity contribution is 6.68. The monoisotopic (exact) mass is 794 g/mol. The molecule has 1 fully saturated rings. The molecule has 4 atom stereocenters. The van der Waals surface area contributed by atoms with E-state index in [1.165, 1.54) is 13.8 Å². The second-order valence-electron chi connectivity index (χ2n) is 8.89. The minimum Gasteiger partial charge on any atom is -0.430 e. The molecule has 0 unspecified atom stereocenters. The van der Waals surface area contributed by atoms with Crippen molar-refractivity contribution >= 4 is 135 Å². The van der Waals surface area contributed by atoms with Crippen molar-refractivity contribution in [1.29, 1.82) is 0 Å². The third kappa shape index (κ3) is 13.5. The van der Waals surface area contributed by atoms with Gasteiger partial charge in [-0.15, -0.1) is 0 Å². The Morgan fingerprint density at radius 3 is 1.44 bits per heavy atom. The van der Waals surface area contributed by atoms with Gasteiger partial charge in [0, 0.05) is 19.8 Å². The lowest BCUT2D eigenvalue weighted by molar-refractivity contribution is -0.245. The molecule has 0 aromatic carbocycles. The molecule has 0 N–H and O–H groups in total. The summed E-state index contributed by atoms with van der Waals surface area (Å²) in [5, 5.41) is 0. The molecule has 244 valence electrons. The molecule has 0 bridgehead atoms. The Kier molecular flexibility index (Phi) is 13.5. The van der Waals surface area contributed by atoms with Crippen LogP contribution in [-0.4, -0.2) is 85.7 Å². The van der Waals surface area contributed by atoms with Crippen molar-refractivity contribution in [3.8, 4) is 0 Å². The van der Waals surface area contributed by atoms with Crippen LogP contribution in [0.3, 0.4) is 0 Å². The third-order valence-corrected chi connectivity index (χ3v) is 5.88. The van der Waals surface area contributed by atoms with Gasteiger partial charge in [0.05, 0.1) is 0 Å². The number of ether oxygens (including phenoxy) is 8. The van der Waals surface area contributed by atoms with Gasteiger partial charge >= 0.3 is 30.4 Å². The molecule has 1 aliphatic heterocycles. The van der Waals surface area contributed by atoms with Crippen LogP contribution < -0.4 is 0 Å². The van der Waals surface area contributed by atoms with E-state index in [1.54, 1.807) is 0 Å². The molecule has 2 rings (SSSR count). The molecule has 43 heavy (non-hydrogen) atoms. The molecule has 0 aromatic rings. The Balaban J connectivity index is 2.49. The molecule has 1 saturated heterocycles. The van der Waals surface area contributed by atoms with Gasteiger partial charge in [0.1, 0.15) is 19.8 Å². The highest BCUT2D eigenvalue weighted by Gasteiger charge is 2.55. The van der Waals surface area contributed by atoms with E-state index in [0.717, 1.165) is 12.2 Å². The molecule has 1 aliphatic carbocycles. The van der Waals surface area contributed by atoms with Crippen LogP contribution in [-0.2, 0) is 47.5 Å². The van der Waals surface area contributed by atoms with Crippen molar-refractivity contribution < 1.29 is 61.9 Å². The first kappa shape index (κ1) is 38.3. The van der Waals surface area contributed by atoms with Gasteiger partial charge in [0.25, 0.3) is 5.79 Å². The number of hydrogen-bond acceptors (Lipinski definition) is 13. The molecule has 13 nitrogen and oxygen atoms in total. The Hall–Kier alpha value is -0.900. The topological polar surface area (TPSA) is 159 Å². The van der Waals surface area contributed by atoms with Crippen LogP contribution in [0.1, 0.15) is 13.8 Å². The zero-order valence-electron chi connectivity index (χ0n) is 21.4. The molecule has 2 aliphatic rings. The summed E-state index contributed by atoms with van der Waals surface area (Å²) < 4.78 is 33.9. The summed E-state index contributed by atoms with van der Waals surface area (Å²) in [6.07, 6.45) is -7.89. The molecule has 0 amide bonds. The standard InChI is InChI=1S/C21H19Cl9O13/c1-18(2)42-13(31)10(14(32)43-18)8-3-4-9(39-15(33)36-5-19(22,23)24)12(41-17(35)38-7-21(28,29)30)11(8)40-16(34)37-6-20(25,26)27/h3-4,8-12H,5-7H2,1-2H3/t8-,9+,11-,12-/m0/s1. The average Bonchev–Trinajstić information content (AvgIpc) is 2.80. The molecule has 0 saturated carbocycles. The summed E-state index contributed by atoms with van der Waals surface area (Å²) >= 11 is 50.2. The zero-order chi connectivity index (χ0) is 33.0.